The van der Waals surface area contributed by atoms with Gasteiger partial charge in [0.05, 0.1) is 0 Å². The van der Waals surface area contributed by atoms with Crippen LogP contribution in [0.2, 0.25) is 0 Å². The van der Waals surface area contributed by atoms with Gasteiger partial charge in [-0.05, 0) is 25.7 Å². The summed E-state index contributed by atoms with van der Waals surface area (Å²) in [5, 5.41) is 0. The third-order valence-electron chi connectivity index (χ3n) is 4.23. The van der Waals surface area contributed by atoms with Crippen molar-refractivity contribution in [2.45, 2.75) is 79.1 Å². The van der Waals surface area contributed by atoms with Crippen LogP contribution >= 0.6 is 0 Å². The molecule has 0 bridgehead atoms. The summed E-state index contributed by atoms with van der Waals surface area (Å²) < 4.78 is 0. The Kier molecular flexibility index (Phi) is 12.0. The van der Waals surface area contributed by atoms with Crippen LogP contribution in [0, 0.1) is 11.8 Å². The van der Waals surface area contributed by atoms with Crippen LogP contribution in [0.3, 0.4) is 0 Å². The van der Waals surface area contributed by atoms with Crippen molar-refractivity contribution in [3.63, 3.8) is 0 Å². The summed E-state index contributed by atoms with van der Waals surface area (Å²) in [7, 11) is 2.32. The monoisotopic (exact) mass is 255 g/mol. The summed E-state index contributed by atoms with van der Waals surface area (Å²) in [6.45, 7) is 11.9. The minimum Gasteiger partial charge on any atom is -0.172 e. The molecule has 0 spiro atoms. The molecule has 0 aliphatic heterocycles. The second kappa shape index (κ2) is 12.0. The van der Waals surface area contributed by atoms with Crippen LogP contribution in [0.4, 0.5) is 0 Å². The molecular formula is C17H37N+. The Hall–Kier alpha value is -0.0400. The Bertz CT molecular complexity index is 149. The fourth-order valence-electron chi connectivity index (χ4n) is 2.79. The SMILES string of the molecule is CCCCC(CC)C[N+](C)CC(CC)CCCC. The summed E-state index contributed by atoms with van der Waals surface area (Å²) in [6.07, 6.45) is 11.0. The minimum atomic E-state index is 0.915. The molecule has 1 nitrogen and oxygen atoms in total. The fraction of sp³-hybridized carbons (Fsp3) is 1.00. The first-order chi connectivity index (χ1) is 8.67. The average molecular weight is 255 g/mol. The molecule has 0 aliphatic carbocycles. The van der Waals surface area contributed by atoms with Gasteiger partial charge in [0.25, 0.3) is 0 Å². The van der Waals surface area contributed by atoms with Crippen LogP contribution in [0.5, 0.6) is 0 Å². The van der Waals surface area contributed by atoms with E-state index < -0.39 is 0 Å². The summed E-state index contributed by atoms with van der Waals surface area (Å²) in [6, 6.07) is 0. The van der Waals surface area contributed by atoms with Gasteiger partial charge in [0.15, 0.2) is 0 Å². The van der Waals surface area contributed by atoms with E-state index in [-0.39, 0.29) is 0 Å². The van der Waals surface area contributed by atoms with Crippen LogP contribution in [0.1, 0.15) is 79.1 Å². The highest BCUT2D eigenvalue weighted by Gasteiger charge is 2.20. The van der Waals surface area contributed by atoms with Gasteiger partial charge in [-0.25, -0.2) is 0 Å². The molecule has 2 unspecified atom stereocenters. The van der Waals surface area contributed by atoms with Crippen LogP contribution in [0.25, 0.3) is 0 Å². The molecule has 2 atom stereocenters. The maximum absolute atomic E-state index is 2.59. The van der Waals surface area contributed by atoms with Crippen molar-refractivity contribution in [2.75, 3.05) is 20.1 Å². The number of hydrogen-bond donors (Lipinski definition) is 0. The highest BCUT2D eigenvalue weighted by molar-refractivity contribution is 4.70. The van der Waals surface area contributed by atoms with E-state index in [9.17, 15) is 0 Å². The topological polar surface area (TPSA) is 5.90 Å². The zero-order valence-corrected chi connectivity index (χ0v) is 13.7. The third kappa shape index (κ3) is 8.97. The number of unbranched alkanes of at least 4 members (excludes halogenated alkanes) is 2. The normalized spacial score (nSPS) is 15.0. The minimum absolute atomic E-state index is 0.915. The van der Waals surface area contributed by atoms with E-state index in [0.29, 0.717) is 0 Å². The van der Waals surface area contributed by atoms with Crippen molar-refractivity contribution in [1.82, 2.24) is 4.90 Å². The van der Waals surface area contributed by atoms with E-state index in [1.807, 2.05) is 0 Å². The second-order valence-corrected chi connectivity index (χ2v) is 6.05. The Morgan fingerprint density at radius 1 is 0.722 bits per heavy atom. The molecule has 0 rings (SSSR count). The van der Waals surface area contributed by atoms with Gasteiger partial charge in [-0.1, -0.05) is 53.4 Å². The molecule has 0 fully saturated rings. The molecule has 0 aromatic rings. The highest BCUT2D eigenvalue weighted by Crippen LogP contribution is 2.16. The second-order valence-electron chi connectivity index (χ2n) is 6.05. The number of rotatable bonds is 12. The Balaban J connectivity index is 3.92. The van der Waals surface area contributed by atoms with Crippen molar-refractivity contribution >= 4 is 0 Å². The smallest absolute Gasteiger partial charge is 0.125 e. The van der Waals surface area contributed by atoms with Gasteiger partial charge in [-0.2, -0.15) is 4.90 Å². The molecular weight excluding hydrogens is 218 g/mol. The van der Waals surface area contributed by atoms with Crippen molar-refractivity contribution in [3.05, 3.63) is 0 Å². The van der Waals surface area contributed by atoms with Crippen LogP contribution in [-0.2, 0) is 0 Å². The summed E-state index contributed by atoms with van der Waals surface area (Å²) >= 11 is 0. The van der Waals surface area contributed by atoms with E-state index in [2.05, 4.69) is 39.6 Å². The van der Waals surface area contributed by atoms with E-state index >= 15 is 0 Å². The van der Waals surface area contributed by atoms with Crippen molar-refractivity contribution in [2.24, 2.45) is 11.8 Å². The first-order valence-electron chi connectivity index (χ1n) is 8.36. The molecule has 0 N–H and O–H groups in total. The third-order valence-corrected chi connectivity index (χ3v) is 4.23. The lowest BCUT2D eigenvalue weighted by atomic mass is 9.96. The summed E-state index contributed by atoms with van der Waals surface area (Å²) in [5.41, 5.74) is 0. The predicted molar refractivity (Wildman–Crippen MR) is 84.4 cm³/mol. The van der Waals surface area contributed by atoms with Gasteiger partial charge >= 0.3 is 0 Å². The van der Waals surface area contributed by atoms with E-state index in [1.165, 1.54) is 64.5 Å². The van der Waals surface area contributed by atoms with E-state index in [0.717, 1.165) is 11.8 Å². The molecule has 0 saturated heterocycles. The van der Waals surface area contributed by atoms with Gasteiger partial charge in [-0.3, -0.25) is 0 Å². The zero-order valence-electron chi connectivity index (χ0n) is 13.7. The molecule has 0 saturated carbocycles. The van der Waals surface area contributed by atoms with Crippen LogP contribution in [-0.4, -0.2) is 20.1 Å². The van der Waals surface area contributed by atoms with Gasteiger partial charge in [0, 0.05) is 11.8 Å². The molecule has 0 aromatic heterocycles. The molecule has 0 aliphatic rings. The van der Waals surface area contributed by atoms with Gasteiger partial charge in [-0.15, -0.1) is 0 Å². The van der Waals surface area contributed by atoms with Gasteiger partial charge in [0.2, 0.25) is 0 Å². The molecule has 0 amide bonds. The maximum Gasteiger partial charge on any atom is 0.125 e. The predicted octanol–water partition coefficient (Wildman–Crippen LogP) is 5.19. The summed E-state index contributed by atoms with van der Waals surface area (Å²) in [5.74, 6) is 1.83. The lowest BCUT2D eigenvalue weighted by Gasteiger charge is -2.19. The maximum atomic E-state index is 2.59. The molecule has 109 valence electrons. The van der Waals surface area contributed by atoms with Crippen LogP contribution < -0.4 is 4.90 Å². The Morgan fingerprint density at radius 2 is 1.11 bits per heavy atom. The molecule has 18 heavy (non-hydrogen) atoms. The lowest BCUT2D eigenvalue weighted by Crippen LogP contribution is -2.35. The van der Waals surface area contributed by atoms with Gasteiger partial charge in [0.1, 0.15) is 20.1 Å². The highest BCUT2D eigenvalue weighted by atomic mass is 15.1. The number of nitrogens with zero attached hydrogens (tertiary/aromatic N) is 1. The molecule has 0 heterocycles. The Labute approximate surface area is 116 Å². The molecule has 1 heteroatoms. The van der Waals surface area contributed by atoms with Gasteiger partial charge < -0.3 is 0 Å². The first-order valence-corrected chi connectivity index (χ1v) is 8.36. The summed E-state index contributed by atoms with van der Waals surface area (Å²) in [4.78, 5) is 2.59. The first kappa shape index (κ1) is 18.0. The van der Waals surface area contributed by atoms with Crippen molar-refractivity contribution in [3.8, 4) is 0 Å². The standard InChI is InChI=1S/C17H37N/c1-6-10-12-16(8-3)14-18(5)15-17(9-4)13-11-7-2/h16-17H,6-15H2,1-5H3/q+1. The molecule has 0 aromatic carbocycles. The molecule has 1 radical (unpaired) electrons. The van der Waals surface area contributed by atoms with Crippen molar-refractivity contribution < 1.29 is 0 Å². The average Bonchev–Trinajstić information content (AvgIpc) is 2.39. The van der Waals surface area contributed by atoms with Crippen molar-refractivity contribution in [1.29, 1.82) is 0 Å². The van der Waals surface area contributed by atoms with E-state index in [4.69, 9.17) is 0 Å². The van der Waals surface area contributed by atoms with Crippen LogP contribution in [0.15, 0.2) is 0 Å². The van der Waals surface area contributed by atoms with E-state index in [1.54, 1.807) is 0 Å². The Morgan fingerprint density at radius 3 is 1.39 bits per heavy atom. The lowest BCUT2D eigenvalue weighted by molar-refractivity contribution is 0.296. The zero-order chi connectivity index (χ0) is 13.8. The largest absolute Gasteiger partial charge is 0.172 e. The quantitative estimate of drug-likeness (QED) is 0.423. The number of hydrogen-bond acceptors (Lipinski definition) is 1. The fourth-order valence-corrected chi connectivity index (χ4v) is 2.79.